The maximum Gasteiger partial charge on any atom is 0.319 e. The summed E-state index contributed by atoms with van der Waals surface area (Å²) >= 11 is 1.53. The molecule has 24 heavy (non-hydrogen) atoms. The Bertz CT molecular complexity index is 660. The van der Waals surface area contributed by atoms with Gasteiger partial charge in [-0.25, -0.2) is 9.78 Å². The third-order valence-corrected chi connectivity index (χ3v) is 4.86. The van der Waals surface area contributed by atoms with Crippen LogP contribution in [0.5, 0.6) is 0 Å². The Kier molecular flexibility index (Phi) is 5.32. The zero-order valence-electron chi connectivity index (χ0n) is 13.9. The summed E-state index contributed by atoms with van der Waals surface area (Å²) < 4.78 is 5.56. The number of hydrogen-bond donors (Lipinski definition) is 2. The van der Waals surface area contributed by atoms with E-state index in [2.05, 4.69) is 27.4 Å². The van der Waals surface area contributed by atoms with Crippen LogP contribution in [0.2, 0.25) is 0 Å². The highest BCUT2D eigenvalue weighted by Gasteiger charge is 2.17. The first-order valence-electron chi connectivity index (χ1n) is 8.05. The van der Waals surface area contributed by atoms with Gasteiger partial charge in [0.05, 0.1) is 18.8 Å². The first-order chi connectivity index (χ1) is 11.6. The predicted molar refractivity (Wildman–Crippen MR) is 96.8 cm³/mol. The fourth-order valence-corrected chi connectivity index (χ4v) is 3.33. The molecule has 0 radical (unpaired) electrons. The Morgan fingerprint density at radius 1 is 1.42 bits per heavy atom. The lowest BCUT2D eigenvalue weighted by Gasteiger charge is -2.33. The van der Waals surface area contributed by atoms with Gasteiger partial charge in [0.2, 0.25) is 0 Å². The Morgan fingerprint density at radius 3 is 2.88 bits per heavy atom. The number of thiazole rings is 1. The van der Waals surface area contributed by atoms with Crippen LogP contribution in [0.3, 0.4) is 0 Å². The van der Waals surface area contributed by atoms with Crippen molar-refractivity contribution in [3.63, 3.8) is 0 Å². The zero-order valence-corrected chi connectivity index (χ0v) is 14.7. The van der Waals surface area contributed by atoms with Crippen LogP contribution in [0.25, 0.3) is 0 Å². The summed E-state index contributed by atoms with van der Waals surface area (Å²) in [6.45, 7) is 6.52. The lowest BCUT2D eigenvalue weighted by atomic mass is 10.2. The number of anilines is 2. The smallest absolute Gasteiger partial charge is 0.319 e. The normalized spacial score (nSPS) is 18.9. The van der Waals surface area contributed by atoms with Gasteiger partial charge in [0.1, 0.15) is 5.01 Å². The van der Waals surface area contributed by atoms with Gasteiger partial charge in [-0.1, -0.05) is 0 Å². The number of benzene rings is 1. The Morgan fingerprint density at radius 2 is 2.21 bits per heavy atom. The summed E-state index contributed by atoms with van der Waals surface area (Å²) in [4.78, 5) is 18.6. The van der Waals surface area contributed by atoms with Crippen molar-refractivity contribution in [2.24, 2.45) is 0 Å². The van der Waals surface area contributed by atoms with Crippen LogP contribution >= 0.6 is 11.3 Å². The second-order valence-corrected chi connectivity index (χ2v) is 6.79. The molecular weight excluding hydrogens is 324 g/mol. The molecule has 1 aromatic carbocycles. The highest BCUT2D eigenvalue weighted by molar-refractivity contribution is 7.09. The predicted octanol–water partition coefficient (Wildman–Crippen LogP) is 3.25. The van der Waals surface area contributed by atoms with Gasteiger partial charge in [-0.15, -0.1) is 11.3 Å². The molecule has 1 aromatic heterocycles. The van der Waals surface area contributed by atoms with Gasteiger partial charge in [-0.2, -0.15) is 0 Å². The van der Waals surface area contributed by atoms with Gasteiger partial charge in [-0.3, -0.25) is 0 Å². The van der Waals surface area contributed by atoms with E-state index in [1.165, 1.54) is 11.3 Å². The zero-order chi connectivity index (χ0) is 16.9. The number of morpholine rings is 1. The molecule has 2 heterocycles. The first kappa shape index (κ1) is 16.7. The SMILES string of the molecule is CC1CN(c2ccc(NC(=O)NC(C)c3nccs3)cc2)CCO1. The van der Waals surface area contributed by atoms with Crippen molar-refractivity contribution in [3.8, 4) is 0 Å². The van der Waals surface area contributed by atoms with E-state index in [4.69, 9.17) is 4.74 Å². The summed E-state index contributed by atoms with van der Waals surface area (Å²) in [6.07, 6.45) is 1.98. The van der Waals surface area contributed by atoms with Crippen molar-refractivity contribution in [2.75, 3.05) is 29.9 Å². The molecule has 6 nitrogen and oxygen atoms in total. The van der Waals surface area contributed by atoms with E-state index in [1.807, 2.05) is 36.6 Å². The van der Waals surface area contributed by atoms with E-state index < -0.39 is 0 Å². The summed E-state index contributed by atoms with van der Waals surface area (Å²) in [5.74, 6) is 0. The van der Waals surface area contributed by atoms with E-state index in [1.54, 1.807) is 6.20 Å². The minimum Gasteiger partial charge on any atom is -0.375 e. The van der Waals surface area contributed by atoms with Crippen molar-refractivity contribution in [1.82, 2.24) is 10.3 Å². The molecule has 1 aliphatic heterocycles. The molecule has 2 unspecified atom stereocenters. The van der Waals surface area contributed by atoms with Crippen LogP contribution in [0, 0.1) is 0 Å². The molecule has 2 atom stereocenters. The van der Waals surface area contributed by atoms with Crippen molar-refractivity contribution in [2.45, 2.75) is 26.0 Å². The Hall–Kier alpha value is -2.12. The molecule has 0 saturated carbocycles. The number of carbonyl (C=O) groups is 1. The van der Waals surface area contributed by atoms with E-state index in [0.717, 1.165) is 36.1 Å². The molecule has 7 heteroatoms. The molecule has 2 amide bonds. The molecule has 1 fully saturated rings. The van der Waals surface area contributed by atoms with E-state index in [-0.39, 0.29) is 18.2 Å². The van der Waals surface area contributed by atoms with Crippen LogP contribution in [0.15, 0.2) is 35.8 Å². The van der Waals surface area contributed by atoms with Gasteiger partial charge >= 0.3 is 6.03 Å². The highest BCUT2D eigenvalue weighted by Crippen LogP contribution is 2.21. The number of aromatic nitrogens is 1. The minimum absolute atomic E-state index is 0.112. The average Bonchev–Trinajstić information content (AvgIpc) is 3.10. The fourth-order valence-electron chi connectivity index (χ4n) is 2.68. The van der Waals surface area contributed by atoms with Crippen LogP contribution in [0.4, 0.5) is 16.2 Å². The second-order valence-electron chi connectivity index (χ2n) is 5.86. The molecule has 0 spiro atoms. The van der Waals surface area contributed by atoms with Crippen molar-refractivity contribution in [3.05, 3.63) is 40.8 Å². The first-order valence-corrected chi connectivity index (χ1v) is 8.93. The number of rotatable bonds is 4. The third-order valence-electron chi connectivity index (χ3n) is 3.90. The number of hydrogen-bond acceptors (Lipinski definition) is 5. The number of urea groups is 1. The number of carbonyl (C=O) groups excluding carboxylic acids is 1. The quantitative estimate of drug-likeness (QED) is 0.892. The minimum atomic E-state index is -0.231. The molecular formula is C17H22N4O2S. The molecule has 3 rings (SSSR count). The summed E-state index contributed by atoms with van der Waals surface area (Å²) in [5, 5.41) is 8.53. The maximum absolute atomic E-state index is 12.1. The van der Waals surface area contributed by atoms with Crippen molar-refractivity contribution >= 4 is 28.7 Å². The molecule has 1 aliphatic rings. The van der Waals surface area contributed by atoms with Crippen LogP contribution in [-0.4, -0.2) is 36.8 Å². The summed E-state index contributed by atoms with van der Waals surface area (Å²) in [7, 11) is 0. The topological polar surface area (TPSA) is 66.5 Å². The van der Waals surface area contributed by atoms with Crippen molar-refractivity contribution in [1.29, 1.82) is 0 Å². The number of amides is 2. The number of ether oxygens (including phenoxy) is 1. The second kappa shape index (κ2) is 7.63. The standard InChI is InChI=1S/C17H22N4O2S/c1-12-11-21(8-9-23-12)15-5-3-14(4-6-15)20-17(22)19-13(2)16-18-7-10-24-16/h3-7,10,12-13H,8-9,11H2,1-2H3,(H2,19,20,22). The van der Waals surface area contributed by atoms with Crippen molar-refractivity contribution < 1.29 is 9.53 Å². The highest BCUT2D eigenvalue weighted by atomic mass is 32.1. The molecule has 0 bridgehead atoms. The van der Waals surface area contributed by atoms with Crippen LogP contribution < -0.4 is 15.5 Å². The van der Waals surface area contributed by atoms with Gasteiger partial charge in [0.25, 0.3) is 0 Å². The average molecular weight is 346 g/mol. The molecule has 0 aliphatic carbocycles. The number of nitrogens with zero attached hydrogens (tertiary/aromatic N) is 2. The van der Waals surface area contributed by atoms with E-state index >= 15 is 0 Å². The molecule has 2 aromatic rings. The van der Waals surface area contributed by atoms with Gasteiger partial charge in [0, 0.05) is 36.0 Å². The summed E-state index contributed by atoms with van der Waals surface area (Å²) in [5.41, 5.74) is 1.91. The molecule has 2 N–H and O–H groups in total. The lowest BCUT2D eigenvalue weighted by Crippen LogP contribution is -2.41. The van der Waals surface area contributed by atoms with E-state index in [9.17, 15) is 4.79 Å². The third kappa shape index (κ3) is 4.24. The lowest BCUT2D eigenvalue weighted by molar-refractivity contribution is 0.0532. The van der Waals surface area contributed by atoms with Gasteiger partial charge in [-0.05, 0) is 38.1 Å². The van der Waals surface area contributed by atoms with Gasteiger partial charge < -0.3 is 20.3 Å². The van der Waals surface area contributed by atoms with Gasteiger partial charge in [0.15, 0.2) is 0 Å². The monoisotopic (exact) mass is 346 g/mol. The van der Waals surface area contributed by atoms with Crippen LogP contribution in [-0.2, 0) is 4.74 Å². The Labute approximate surface area is 145 Å². The van der Waals surface area contributed by atoms with Crippen LogP contribution in [0.1, 0.15) is 24.9 Å². The van der Waals surface area contributed by atoms with E-state index in [0.29, 0.717) is 0 Å². The molecule has 128 valence electrons. The number of nitrogens with one attached hydrogen (secondary N) is 2. The molecule has 1 saturated heterocycles. The Balaban J connectivity index is 1.54. The summed E-state index contributed by atoms with van der Waals surface area (Å²) in [6, 6.07) is 7.55. The largest absolute Gasteiger partial charge is 0.375 e. The maximum atomic E-state index is 12.1. The fraction of sp³-hybridized carbons (Fsp3) is 0.412.